The summed E-state index contributed by atoms with van der Waals surface area (Å²) < 4.78 is 43.9. The van der Waals surface area contributed by atoms with Crippen molar-refractivity contribution in [2.24, 2.45) is 0 Å². The van der Waals surface area contributed by atoms with Gasteiger partial charge in [0, 0.05) is 43.4 Å². The van der Waals surface area contributed by atoms with Gasteiger partial charge in [0.1, 0.15) is 28.2 Å². The molecule has 1 N–H and O–H groups in total. The van der Waals surface area contributed by atoms with Gasteiger partial charge in [-0.25, -0.2) is 4.39 Å². The fourth-order valence-corrected chi connectivity index (χ4v) is 6.71. The van der Waals surface area contributed by atoms with Crippen LogP contribution in [0.4, 0.5) is 4.39 Å². The number of carboxylic acid groups (broad SMARTS) is 1. The molecule has 49 heavy (non-hydrogen) atoms. The number of hydrogen-bond acceptors (Lipinski definition) is 10. The van der Waals surface area contributed by atoms with Crippen LogP contribution >= 0.6 is 24.0 Å². The molecule has 0 unspecified atom stereocenters. The molecule has 0 atom stereocenters. The highest BCUT2D eigenvalue weighted by atomic mass is 32.2. The van der Waals surface area contributed by atoms with Crippen molar-refractivity contribution in [3.63, 3.8) is 0 Å². The molecule has 3 aromatic carbocycles. The maximum Gasteiger partial charge on any atom is 0.307 e. The summed E-state index contributed by atoms with van der Waals surface area (Å²) >= 11 is 6.78. The Hall–Kier alpha value is -4.17. The van der Waals surface area contributed by atoms with Crippen LogP contribution in [-0.2, 0) is 20.7 Å². The summed E-state index contributed by atoms with van der Waals surface area (Å²) in [6.07, 6.45) is 2.07. The molecular weight excluding hydrogens is 672 g/mol. The number of aliphatic carboxylic acids is 1. The van der Waals surface area contributed by atoms with Gasteiger partial charge in [0.05, 0.1) is 44.9 Å². The second kappa shape index (κ2) is 17.5. The van der Waals surface area contributed by atoms with Crippen molar-refractivity contribution in [3.8, 4) is 34.1 Å². The second-order valence-electron chi connectivity index (χ2n) is 11.2. The van der Waals surface area contributed by atoms with Gasteiger partial charge >= 0.3 is 5.97 Å². The first-order chi connectivity index (χ1) is 23.7. The Bertz CT molecular complexity index is 1700. The number of rotatable bonds is 16. The number of thiocarbonyl (C=S) groups is 1. The van der Waals surface area contributed by atoms with Gasteiger partial charge in [-0.05, 0) is 66.9 Å². The van der Waals surface area contributed by atoms with Crippen molar-refractivity contribution in [1.82, 2.24) is 9.80 Å². The Morgan fingerprint density at radius 3 is 2.51 bits per heavy atom. The van der Waals surface area contributed by atoms with Crippen LogP contribution in [0.3, 0.4) is 0 Å². The Kier molecular flexibility index (Phi) is 12.9. The van der Waals surface area contributed by atoms with Gasteiger partial charge in [-0.15, -0.1) is 0 Å². The van der Waals surface area contributed by atoms with Gasteiger partial charge in [-0.1, -0.05) is 36.1 Å². The maximum absolute atomic E-state index is 15.2. The molecule has 2 heterocycles. The molecular formula is C36H39FN2O8S2. The van der Waals surface area contributed by atoms with E-state index in [1.165, 1.54) is 29.8 Å². The highest BCUT2D eigenvalue weighted by Crippen LogP contribution is 2.37. The number of carbonyl (C=O) groups excluding carboxylic acids is 1. The smallest absolute Gasteiger partial charge is 0.307 e. The van der Waals surface area contributed by atoms with Crippen molar-refractivity contribution >= 4 is 46.3 Å². The normalized spacial score (nSPS) is 15.9. The Labute approximate surface area is 294 Å². The fourth-order valence-electron chi connectivity index (χ4n) is 5.41. The summed E-state index contributed by atoms with van der Waals surface area (Å²) in [6, 6.07) is 15.2. The number of carboxylic acids is 1. The lowest BCUT2D eigenvalue weighted by atomic mass is 10.0. The number of morpholine rings is 1. The highest BCUT2D eigenvalue weighted by Gasteiger charge is 2.32. The third-order valence-electron chi connectivity index (χ3n) is 7.87. The summed E-state index contributed by atoms with van der Waals surface area (Å²) in [4.78, 5) is 28.9. The summed E-state index contributed by atoms with van der Waals surface area (Å²) in [5, 5.41) is 9.13. The molecule has 10 nitrogen and oxygen atoms in total. The van der Waals surface area contributed by atoms with Gasteiger partial charge < -0.3 is 28.8 Å². The van der Waals surface area contributed by atoms with Gasteiger partial charge in [0.2, 0.25) is 0 Å². The van der Waals surface area contributed by atoms with Crippen molar-refractivity contribution in [2.45, 2.75) is 19.8 Å². The molecule has 1 amide bonds. The number of carbonyl (C=O) groups is 2. The van der Waals surface area contributed by atoms with Gasteiger partial charge in [0.15, 0.2) is 11.5 Å². The topological polar surface area (TPSA) is 107 Å². The average molecular weight is 711 g/mol. The molecule has 2 aliphatic rings. The zero-order valence-electron chi connectivity index (χ0n) is 27.4. The summed E-state index contributed by atoms with van der Waals surface area (Å²) in [7, 11) is 1.51. The third-order valence-corrected chi connectivity index (χ3v) is 9.25. The molecule has 2 fully saturated rings. The molecule has 260 valence electrons. The zero-order valence-corrected chi connectivity index (χ0v) is 29.1. The van der Waals surface area contributed by atoms with E-state index in [-0.39, 0.29) is 18.9 Å². The fraction of sp³-hybridized carbons (Fsp3) is 0.361. The van der Waals surface area contributed by atoms with Crippen LogP contribution in [0, 0.1) is 5.82 Å². The Morgan fingerprint density at radius 1 is 1.00 bits per heavy atom. The van der Waals surface area contributed by atoms with Crippen LogP contribution in [0.5, 0.6) is 23.0 Å². The Balaban J connectivity index is 1.30. The Morgan fingerprint density at radius 2 is 1.78 bits per heavy atom. The number of thioether (sulfide) groups is 1. The quantitative estimate of drug-likeness (QED) is 0.109. The number of nitrogens with zero attached hydrogens (tertiary/aromatic N) is 2. The zero-order chi connectivity index (χ0) is 34.8. The predicted octanol–water partition coefficient (Wildman–Crippen LogP) is 5.91. The molecule has 0 aliphatic carbocycles. The molecule has 0 spiro atoms. The largest absolute Gasteiger partial charge is 0.494 e. The average Bonchev–Trinajstić information content (AvgIpc) is 3.35. The maximum atomic E-state index is 15.2. The van der Waals surface area contributed by atoms with E-state index in [4.69, 9.17) is 41.0 Å². The number of amides is 1. The molecule has 13 heteroatoms. The summed E-state index contributed by atoms with van der Waals surface area (Å²) in [5.41, 5.74) is 2.24. The minimum atomic E-state index is -0.944. The van der Waals surface area contributed by atoms with E-state index in [1.807, 2.05) is 13.0 Å². The molecule has 5 rings (SSSR count). The van der Waals surface area contributed by atoms with Crippen LogP contribution in [-0.4, -0.2) is 97.4 Å². The minimum Gasteiger partial charge on any atom is -0.494 e. The van der Waals surface area contributed by atoms with E-state index in [2.05, 4.69) is 4.90 Å². The lowest BCUT2D eigenvalue weighted by molar-refractivity contribution is -0.136. The lowest BCUT2D eigenvalue weighted by Crippen LogP contribution is -2.38. The molecule has 2 saturated heterocycles. The van der Waals surface area contributed by atoms with E-state index < -0.39 is 11.8 Å². The van der Waals surface area contributed by atoms with Crippen LogP contribution in [0.2, 0.25) is 0 Å². The van der Waals surface area contributed by atoms with Crippen molar-refractivity contribution in [2.75, 3.05) is 66.3 Å². The van der Waals surface area contributed by atoms with Crippen LogP contribution in [0.1, 0.15) is 24.5 Å². The first kappa shape index (κ1) is 36.1. The summed E-state index contributed by atoms with van der Waals surface area (Å²) in [5.74, 6) is 0.327. The number of benzene rings is 3. The molecule has 0 radical (unpaired) electrons. The van der Waals surface area contributed by atoms with Gasteiger partial charge in [-0.3, -0.25) is 19.4 Å². The first-order valence-electron chi connectivity index (χ1n) is 16.0. The number of ether oxygens (including phenoxy) is 5. The predicted molar refractivity (Wildman–Crippen MR) is 190 cm³/mol. The lowest BCUT2D eigenvalue weighted by Gasteiger charge is -2.26. The monoisotopic (exact) mass is 710 g/mol. The van der Waals surface area contributed by atoms with Crippen molar-refractivity contribution < 1.29 is 42.8 Å². The van der Waals surface area contributed by atoms with Gasteiger partial charge in [0.25, 0.3) is 5.91 Å². The van der Waals surface area contributed by atoms with E-state index in [9.17, 15) is 9.59 Å². The molecule has 0 bridgehead atoms. The van der Waals surface area contributed by atoms with E-state index in [1.54, 1.807) is 48.5 Å². The van der Waals surface area contributed by atoms with Crippen molar-refractivity contribution in [1.29, 1.82) is 0 Å². The number of methoxy groups -OCH3 is 1. The van der Waals surface area contributed by atoms with Crippen molar-refractivity contribution in [3.05, 3.63) is 76.4 Å². The van der Waals surface area contributed by atoms with Crippen LogP contribution < -0.4 is 18.9 Å². The molecule has 2 aliphatic heterocycles. The van der Waals surface area contributed by atoms with E-state index >= 15 is 4.39 Å². The standard InChI is InChI=1S/C36H39FN2O8S2/c1-3-45-27-7-8-28(29(37)23-27)25-6-10-30(47-18-14-38-12-16-44-17-13-38)26(21-25)22-33-35(42)39(36(48)49-33)11-4-15-46-32-19-24(20-34(40)41)5-9-31(32)43-2/h5-10,19,21-23H,3-4,11-18,20H2,1-2H3,(H,40,41). The first-order valence-corrected chi connectivity index (χ1v) is 17.2. The van der Waals surface area contributed by atoms with E-state index in [0.29, 0.717) is 93.9 Å². The third kappa shape index (κ3) is 9.72. The SMILES string of the molecule is CCOc1ccc(-c2ccc(OCCN3CCOCC3)c(C=C3SC(=S)N(CCCOc4cc(CC(=O)O)ccc4OC)C3=O)c2)c(F)c1. The molecule has 0 saturated carbocycles. The van der Waals surface area contributed by atoms with E-state index in [0.717, 1.165) is 19.6 Å². The highest BCUT2D eigenvalue weighted by molar-refractivity contribution is 8.26. The van der Waals surface area contributed by atoms with Crippen LogP contribution in [0.25, 0.3) is 17.2 Å². The number of halogens is 1. The minimum absolute atomic E-state index is 0.137. The van der Waals surface area contributed by atoms with Gasteiger partial charge in [-0.2, -0.15) is 0 Å². The summed E-state index contributed by atoms with van der Waals surface area (Å²) in [6.45, 7) is 7.05. The number of hydrogen-bond donors (Lipinski definition) is 1. The molecule has 3 aromatic rings. The second-order valence-corrected chi connectivity index (χ2v) is 12.9. The van der Waals surface area contributed by atoms with Crippen LogP contribution in [0.15, 0.2) is 59.5 Å². The molecule has 0 aromatic heterocycles.